The third-order valence-electron chi connectivity index (χ3n) is 1.98. The van der Waals surface area contributed by atoms with Gasteiger partial charge in [-0.05, 0) is 39.0 Å². The number of ether oxygens (including phenoxy) is 1. The molecule has 94 valence electrons. The molecule has 1 rings (SSSR count). The first-order valence-corrected chi connectivity index (χ1v) is 5.34. The summed E-state index contributed by atoms with van der Waals surface area (Å²) in [5.41, 5.74) is 6.58. The van der Waals surface area contributed by atoms with Gasteiger partial charge >= 0.3 is 6.03 Å². The molecule has 0 fully saturated rings. The van der Waals surface area contributed by atoms with E-state index in [2.05, 4.69) is 10.6 Å². The zero-order valence-electron chi connectivity index (χ0n) is 10.6. The molecule has 2 amide bonds. The van der Waals surface area contributed by atoms with Crippen LogP contribution in [0.15, 0.2) is 18.2 Å². The molecule has 0 heterocycles. The number of nitrogen functional groups attached to an aromatic ring is 1. The van der Waals surface area contributed by atoms with Gasteiger partial charge in [0, 0.05) is 11.2 Å². The van der Waals surface area contributed by atoms with Crippen molar-refractivity contribution in [1.29, 1.82) is 0 Å². The average molecular weight is 237 g/mol. The molecule has 0 spiro atoms. The largest absolute Gasteiger partial charge is 0.495 e. The first-order chi connectivity index (χ1) is 7.81. The standard InChI is InChI=1S/C12H19N3O2/c1-12(2,3)15-11(16)14-8-5-6-10(17-4)9(13)7-8/h5-7H,13H2,1-4H3,(H2,14,15,16). The minimum atomic E-state index is -0.276. The zero-order chi connectivity index (χ0) is 13.1. The first kappa shape index (κ1) is 13.2. The number of nitrogens with one attached hydrogen (secondary N) is 2. The third kappa shape index (κ3) is 4.22. The summed E-state index contributed by atoms with van der Waals surface area (Å²) in [6.07, 6.45) is 0. The van der Waals surface area contributed by atoms with Gasteiger partial charge in [-0.25, -0.2) is 4.79 Å². The molecule has 5 nitrogen and oxygen atoms in total. The molecule has 0 atom stereocenters. The summed E-state index contributed by atoms with van der Waals surface area (Å²) in [6.45, 7) is 5.74. The van der Waals surface area contributed by atoms with E-state index >= 15 is 0 Å². The highest BCUT2D eigenvalue weighted by Crippen LogP contribution is 2.24. The number of benzene rings is 1. The fourth-order valence-electron chi connectivity index (χ4n) is 1.32. The average Bonchev–Trinajstić information content (AvgIpc) is 2.14. The van der Waals surface area contributed by atoms with Gasteiger partial charge in [0.15, 0.2) is 0 Å². The summed E-state index contributed by atoms with van der Waals surface area (Å²) >= 11 is 0. The number of hydrogen-bond acceptors (Lipinski definition) is 3. The Hall–Kier alpha value is -1.91. The quantitative estimate of drug-likeness (QED) is 0.690. The molecular formula is C12H19N3O2. The van der Waals surface area contributed by atoms with E-state index in [4.69, 9.17) is 10.5 Å². The fourth-order valence-corrected chi connectivity index (χ4v) is 1.32. The van der Waals surface area contributed by atoms with Gasteiger partial charge in [0.05, 0.1) is 12.8 Å². The maximum atomic E-state index is 11.6. The highest BCUT2D eigenvalue weighted by atomic mass is 16.5. The maximum Gasteiger partial charge on any atom is 0.319 e. The van der Waals surface area contributed by atoms with E-state index in [-0.39, 0.29) is 11.6 Å². The Balaban J connectivity index is 2.69. The van der Waals surface area contributed by atoms with Gasteiger partial charge in [0.25, 0.3) is 0 Å². The molecule has 0 aliphatic heterocycles. The van der Waals surface area contributed by atoms with E-state index in [0.717, 1.165) is 0 Å². The highest BCUT2D eigenvalue weighted by Gasteiger charge is 2.13. The minimum absolute atomic E-state index is 0.262. The lowest BCUT2D eigenvalue weighted by molar-refractivity contribution is 0.244. The monoisotopic (exact) mass is 237 g/mol. The van der Waals surface area contributed by atoms with E-state index in [1.165, 1.54) is 0 Å². The molecule has 0 saturated heterocycles. The van der Waals surface area contributed by atoms with Crippen LogP contribution in [0, 0.1) is 0 Å². The lowest BCUT2D eigenvalue weighted by Crippen LogP contribution is -2.43. The predicted molar refractivity (Wildman–Crippen MR) is 69.3 cm³/mol. The van der Waals surface area contributed by atoms with Crippen LogP contribution in [0.5, 0.6) is 5.75 Å². The van der Waals surface area contributed by atoms with E-state index in [0.29, 0.717) is 17.1 Å². The summed E-state index contributed by atoms with van der Waals surface area (Å²) in [5, 5.41) is 5.50. The fraction of sp³-hybridized carbons (Fsp3) is 0.417. The van der Waals surface area contributed by atoms with Crippen LogP contribution in [0.3, 0.4) is 0 Å². The summed E-state index contributed by atoms with van der Waals surface area (Å²) in [7, 11) is 1.55. The second kappa shape index (κ2) is 4.95. The van der Waals surface area contributed by atoms with Crippen LogP contribution < -0.4 is 21.1 Å². The first-order valence-electron chi connectivity index (χ1n) is 5.34. The number of nitrogens with two attached hydrogens (primary N) is 1. The van der Waals surface area contributed by atoms with E-state index in [1.54, 1.807) is 25.3 Å². The van der Waals surface area contributed by atoms with Crippen LogP contribution in [0.25, 0.3) is 0 Å². The number of urea groups is 1. The molecule has 0 aliphatic carbocycles. The Labute approximate surface area is 101 Å². The molecule has 17 heavy (non-hydrogen) atoms. The van der Waals surface area contributed by atoms with Crippen LogP contribution in [0.4, 0.5) is 16.2 Å². The van der Waals surface area contributed by atoms with Crippen molar-refractivity contribution in [3.63, 3.8) is 0 Å². The van der Waals surface area contributed by atoms with Gasteiger partial charge in [-0.1, -0.05) is 0 Å². The van der Waals surface area contributed by atoms with Crippen LogP contribution >= 0.6 is 0 Å². The maximum absolute atomic E-state index is 11.6. The zero-order valence-corrected chi connectivity index (χ0v) is 10.6. The van der Waals surface area contributed by atoms with E-state index in [1.807, 2.05) is 20.8 Å². The summed E-state index contributed by atoms with van der Waals surface area (Å²) in [6, 6.07) is 4.84. The number of rotatable bonds is 2. The van der Waals surface area contributed by atoms with Crippen molar-refractivity contribution < 1.29 is 9.53 Å². The normalized spacial score (nSPS) is 10.8. The predicted octanol–water partition coefficient (Wildman–Crippen LogP) is 2.20. The van der Waals surface area contributed by atoms with E-state index in [9.17, 15) is 4.79 Å². The Kier molecular flexibility index (Phi) is 3.83. The molecule has 0 aliphatic rings. The number of carbonyl (C=O) groups is 1. The number of anilines is 2. The van der Waals surface area contributed by atoms with Gasteiger partial charge in [-0.15, -0.1) is 0 Å². The number of amides is 2. The second-order valence-corrected chi connectivity index (χ2v) is 4.79. The molecule has 1 aromatic carbocycles. The summed E-state index contributed by atoms with van der Waals surface area (Å²) in [4.78, 5) is 11.6. The van der Waals surface area contributed by atoms with Gasteiger partial charge in [-0.3, -0.25) is 0 Å². The Bertz CT molecular complexity index is 411. The lowest BCUT2D eigenvalue weighted by atomic mass is 10.1. The Morgan fingerprint density at radius 2 is 2.00 bits per heavy atom. The minimum Gasteiger partial charge on any atom is -0.495 e. The van der Waals surface area contributed by atoms with Crippen molar-refractivity contribution in [3.05, 3.63) is 18.2 Å². The van der Waals surface area contributed by atoms with Crippen molar-refractivity contribution in [3.8, 4) is 5.75 Å². The summed E-state index contributed by atoms with van der Waals surface area (Å²) in [5.74, 6) is 0.590. The van der Waals surface area contributed by atoms with Crippen LogP contribution in [-0.4, -0.2) is 18.7 Å². The third-order valence-corrected chi connectivity index (χ3v) is 1.98. The SMILES string of the molecule is COc1ccc(NC(=O)NC(C)(C)C)cc1N. The van der Waals surface area contributed by atoms with E-state index < -0.39 is 0 Å². The molecule has 0 saturated carbocycles. The number of methoxy groups -OCH3 is 1. The van der Waals surface area contributed by atoms with Gasteiger partial charge < -0.3 is 21.1 Å². The molecule has 5 heteroatoms. The van der Waals surface area contributed by atoms with Crippen molar-refractivity contribution in [2.24, 2.45) is 0 Å². The van der Waals surface area contributed by atoms with Gasteiger partial charge in [0.1, 0.15) is 5.75 Å². The van der Waals surface area contributed by atoms with Crippen LogP contribution in [0.2, 0.25) is 0 Å². The van der Waals surface area contributed by atoms with Crippen molar-refractivity contribution in [2.75, 3.05) is 18.2 Å². The Morgan fingerprint density at radius 1 is 1.35 bits per heavy atom. The summed E-state index contributed by atoms with van der Waals surface area (Å²) < 4.78 is 5.03. The topological polar surface area (TPSA) is 76.4 Å². The Morgan fingerprint density at radius 3 is 2.47 bits per heavy atom. The molecule has 4 N–H and O–H groups in total. The van der Waals surface area contributed by atoms with Crippen molar-refractivity contribution in [2.45, 2.75) is 26.3 Å². The van der Waals surface area contributed by atoms with Crippen LogP contribution in [-0.2, 0) is 0 Å². The number of hydrogen-bond donors (Lipinski definition) is 3. The molecule has 0 aromatic heterocycles. The van der Waals surface area contributed by atoms with Crippen molar-refractivity contribution >= 4 is 17.4 Å². The lowest BCUT2D eigenvalue weighted by Gasteiger charge is -2.20. The smallest absolute Gasteiger partial charge is 0.319 e. The molecule has 0 radical (unpaired) electrons. The van der Waals surface area contributed by atoms with Gasteiger partial charge in [-0.2, -0.15) is 0 Å². The number of carbonyl (C=O) groups excluding carboxylic acids is 1. The highest BCUT2D eigenvalue weighted by molar-refractivity contribution is 5.90. The molecule has 1 aromatic rings. The molecule has 0 bridgehead atoms. The van der Waals surface area contributed by atoms with Crippen LogP contribution in [0.1, 0.15) is 20.8 Å². The molecule has 0 unspecified atom stereocenters. The second-order valence-electron chi connectivity index (χ2n) is 4.79. The van der Waals surface area contributed by atoms with Gasteiger partial charge in [0.2, 0.25) is 0 Å². The molecular weight excluding hydrogens is 218 g/mol. The van der Waals surface area contributed by atoms with Crippen molar-refractivity contribution in [1.82, 2.24) is 5.32 Å².